The number of pyridine rings is 1. The minimum absolute atomic E-state index is 0.102. The van der Waals surface area contributed by atoms with Crippen LogP contribution in [0.15, 0.2) is 65.8 Å². The number of hydrogen-bond acceptors (Lipinski definition) is 5. The van der Waals surface area contributed by atoms with Gasteiger partial charge in [0.15, 0.2) is 5.03 Å². The van der Waals surface area contributed by atoms with E-state index in [1.807, 2.05) is 30.3 Å². The van der Waals surface area contributed by atoms with E-state index in [2.05, 4.69) is 4.98 Å². The van der Waals surface area contributed by atoms with E-state index in [0.29, 0.717) is 0 Å². The summed E-state index contributed by atoms with van der Waals surface area (Å²) in [5, 5.41) is 12.8. The number of nitrogens with one attached hydrogen (secondary N) is 1. The molecule has 1 aromatic carbocycles. The monoisotopic (exact) mass is 321 g/mol. The van der Waals surface area contributed by atoms with Crippen LogP contribution in [0.3, 0.4) is 0 Å². The summed E-state index contributed by atoms with van der Waals surface area (Å²) in [4.78, 5) is 14.1. The number of carbonyl (C=O) groups is 1. The molecule has 22 heavy (non-hydrogen) atoms. The topological polar surface area (TPSA) is 122 Å². The van der Waals surface area contributed by atoms with Crippen molar-refractivity contribution in [2.75, 3.05) is 0 Å². The van der Waals surface area contributed by atoms with E-state index in [-0.39, 0.29) is 5.03 Å². The van der Waals surface area contributed by atoms with Crippen molar-refractivity contribution in [2.45, 2.75) is 5.03 Å². The first-order chi connectivity index (χ1) is 10.4. The Bertz CT molecular complexity index is 716. The second-order valence-electron chi connectivity index (χ2n) is 3.93. The Morgan fingerprint density at radius 3 is 2.23 bits per heavy atom. The first-order valence-electron chi connectivity index (χ1n) is 6.04. The first kappa shape index (κ1) is 17.5. The van der Waals surface area contributed by atoms with Gasteiger partial charge in [0, 0.05) is 12.3 Å². The Kier molecular flexibility index (Phi) is 6.90. The zero-order valence-corrected chi connectivity index (χ0v) is 12.3. The van der Waals surface area contributed by atoms with Crippen LogP contribution in [0.1, 0.15) is 5.56 Å². The van der Waals surface area contributed by atoms with E-state index in [0.717, 1.165) is 5.56 Å². The number of sulfonamides is 1. The Labute approximate surface area is 128 Å². The zero-order valence-electron chi connectivity index (χ0n) is 11.5. The van der Waals surface area contributed by atoms with Gasteiger partial charge in [-0.2, -0.15) is 0 Å². The smallest absolute Gasteiger partial charge is 0.267 e. The molecule has 116 valence electrons. The number of primary sulfonamides is 1. The Morgan fingerprint density at radius 1 is 1.14 bits per heavy atom. The van der Waals surface area contributed by atoms with Crippen molar-refractivity contribution in [1.82, 2.24) is 10.5 Å². The Morgan fingerprint density at radius 2 is 1.77 bits per heavy atom. The number of rotatable bonds is 3. The van der Waals surface area contributed by atoms with Gasteiger partial charge in [0.2, 0.25) is 0 Å². The van der Waals surface area contributed by atoms with Gasteiger partial charge >= 0.3 is 0 Å². The lowest BCUT2D eigenvalue weighted by atomic mass is 10.2. The minimum atomic E-state index is -3.61. The van der Waals surface area contributed by atoms with Crippen LogP contribution in [-0.4, -0.2) is 24.5 Å². The number of hydroxylamine groups is 1. The van der Waals surface area contributed by atoms with Gasteiger partial charge in [-0.25, -0.2) is 24.0 Å². The van der Waals surface area contributed by atoms with E-state index in [4.69, 9.17) is 10.3 Å². The largest absolute Gasteiger partial charge is 0.288 e. The maximum Gasteiger partial charge on any atom is 0.267 e. The van der Waals surface area contributed by atoms with E-state index in [1.165, 1.54) is 23.8 Å². The molecule has 2 aromatic rings. The molecule has 0 saturated heterocycles. The first-order valence-corrected chi connectivity index (χ1v) is 7.59. The predicted molar refractivity (Wildman–Crippen MR) is 81.0 cm³/mol. The van der Waals surface area contributed by atoms with Crippen LogP contribution in [0, 0.1) is 0 Å². The lowest BCUT2D eigenvalue weighted by Gasteiger charge is -1.92. The summed E-state index contributed by atoms with van der Waals surface area (Å²) in [7, 11) is -3.61. The van der Waals surface area contributed by atoms with Crippen LogP contribution in [0.5, 0.6) is 0 Å². The molecule has 4 N–H and O–H groups in total. The van der Waals surface area contributed by atoms with Crippen molar-refractivity contribution in [3.8, 4) is 0 Å². The molecule has 0 atom stereocenters. The SMILES string of the molecule is NS(=O)(=O)c1ccccn1.O=C(/C=C/c1ccccc1)NO. The highest BCUT2D eigenvalue weighted by Gasteiger charge is 2.05. The van der Waals surface area contributed by atoms with Gasteiger partial charge in [0.1, 0.15) is 0 Å². The summed E-state index contributed by atoms with van der Waals surface area (Å²) in [6.07, 6.45) is 4.25. The summed E-state index contributed by atoms with van der Waals surface area (Å²) in [6, 6.07) is 13.9. The lowest BCUT2D eigenvalue weighted by molar-refractivity contribution is -0.124. The van der Waals surface area contributed by atoms with Crippen LogP contribution < -0.4 is 10.6 Å². The summed E-state index contributed by atoms with van der Waals surface area (Å²) >= 11 is 0. The molecule has 1 heterocycles. The molecule has 1 amide bonds. The van der Waals surface area contributed by atoms with Crippen molar-refractivity contribution in [1.29, 1.82) is 0 Å². The van der Waals surface area contributed by atoms with Gasteiger partial charge in [0.25, 0.3) is 15.9 Å². The molecule has 0 fully saturated rings. The van der Waals surface area contributed by atoms with E-state index >= 15 is 0 Å². The fourth-order valence-corrected chi connectivity index (χ4v) is 1.76. The van der Waals surface area contributed by atoms with E-state index in [9.17, 15) is 13.2 Å². The average molecular weight is 321 g/mol. The molecule has 1 aromatic heterocycles. The third-order valence-corrected chi connectivity index (χ3v) is 3.09. The van der Waals surface area contributed by atoms with Crippen molar-refractivity contribution >= 4 is 22.0 Å². The summed E-state index contributed by atoms with van der Waals surface area (Å²) in [5.41, 5.74) is 2.43. The number of benzene rings is 1. The number of amides is 1. The number of hydrogen-bond donors (Lipinski definition) is 3. The molecule has 0 aliphatic carbocycles. The second-order valence-corrected chi connectivity index (χ2v) is 5.44. The molecule has 7 nitrogen and oxygen atoms in total. The van der Waals surface area contributed by atoms with Gasteiger partial charge in [-0.05, 0) is 23.8 Å². The highest BCUT2D eigenvalue weighted by Crippen LogP contribution is 2.00. The summed E-state index contributed by atoms with van der Waals surface area (Å²) in [6.45, 7) is 0. The number of carbonyl (C=O) groups excluding carboxylic acids is 1. The van der Waals surface area contributed by atoms with Gasteiger partial charge in [-0.3, -0.25) is 10.0 Å². The van der Waals surface area contributed by atoms with Gasteiger partial charge in [-0.1, -0.05) is 36.4 Å². The van der Waals surface area contributed by atoms with Crippen LogP contribution in [0.25, 0.3) is 6.08 Å². The molecule has 0 unspecified atom stereocenters. The molecule has 0 radical (unpaired) electrons. The minimum Gasteiger partial charge on any atom is -0.288 e. The summed E-state index contributed by atoms with van der Waals surface area (Å²) < 4.78 is 21.1. The highest BCUT2D eigenvalue weighted by molar-refractivity contribution is 7.89. The van der Waals surface area contributed by atoms with Crippen molar-refractivity contribution < 1.29 is 18.4 Å². The normalized spacial score (nSPS) is 10.6. The van der Waals surface area contributed by atoms with Gasteiger partial charge < -0.3 is 0 Å². The molecule has 8 heteroatoms. The molecular formula is C14H15N3O4S. The maximum absolute atomic E-state index is 10.5. The molecule has 0 bridgehead atoms. The molecule has 2 rings (SSSR count). The Hall–Kier alpha value is -2.55. The Balaban J connectivity index is 0.000000224. The zero-order chi connectivity index (χ0) is 16.4. The fourth-order valence-electron chi connectivity index (χ4n) is 1.29. The molecule has 0 saturated carbocycles. The van der Waals surface area contributed by atoms with Crippen molar-refractivity contribution in [3.05, 3.63) is 66.4 Å². The maximum atomic E-state index is 10.5. The number of nitrogens with zero attached hydrogens (tertiary/aromatic N) is 1. The molecule has 0 spiro atoms. The van der Waals surface area contributed by atoms with Crippen LogP contribution in [0.2, 0.25) is 0 Å². The second kappa shape index (κ2) is 8.67. The molecule has 0 aliphatic heterocycles. The van der Waals surface area contributed by atoms with E-state index < -0.39 is 15.9 Å². The number of nitrogens with two attached hydrogens (primary N) is 1. The van der Waals surface area contributed by atoms with Gasteiger partial charge in [0.05, 0.1) is 0 Å². The third kappa shape index (κ3) is 6.75. The van der Waals surface area contributed by atoms with Crippen LogP contribution >= 0.6 is 0 Å². The molecule has 0 aliphatic rings. The van der Waals surface area contributed by atoms with Crippen LogP contribution in [0.4, 0.5) is 0 Å². The number of aromatic nitrogens is 1. The van der Waals surface area contributed by atoms with Crippen molar-refractivity contribution in [3.63, 3.8) is 0 Å². The van der Waals surface area contributed by atoms with Crippen molar-refractivity contribution in [2.24, 2.45) is 5.14 Å². The van der Waals surface area contributed by atoms with Gasteiger partial charge in [-0.15, -0.1) is 0 Å². The predicted octanol–water partition coefficient (Wildman–Crippen LogP) is 0.934. The highest BCUT2D eigenvalue weighted by atomic mass is 32.2. The van der Waals surface area contributed by atoms with E-state index in [1.54, 1.807) is 18.2 Å². The molecular weight excluding hydrogens is 306 g/mol. The fraction of sp³-hybridized carbons (Fsp3) is 0. The third-order valence-electron chi connectivity index (χ3n) is 2.27. The van der Waals surface area contributed by atoms with Crippen LogP contribution in [-0.2, 0) is 14.8 Å². The standard InChI is InChI=1S/C9H9NO2.C5H6N2O2S/c11-9(10-12)7-6-8-4-2-1-3-5-8;6-10(8,9)5-3-1-2-4-7-5/h1-7,12H,(H,10,11);1-4H,(H2,6,8,9)/b7-6+;. The average Bonchev–Trinajstić information content (AvgIpc) is 2.54. The summed E-state index contributed by atoms with van der Waals surface area (Å²) in [5.74, 6) is -0.529. The quantitative estimate of drug-likeness (QED) is 0.441. The lowest BCUT2D eigenvalue weighted by Crippen LogP contribution is -2.14.